The lowest BCUT2D eigenvalue weighted by molar-refractivity contribution is 0.415. The molecule has 2 fully saturated rings. The minimum Gasteiger partial charge on any atom is -0.368 e. The summed E-state index contributed by atoms with van der Waals surface area (Å²) < 4.78 is 10.2. The lowest BCUT2D eigenvalue weighted by Gasteiger charge is -1.89. The van der Waals surface area contributed by atoms with Crippen LogP contribution in [0.5, 0.6) is 0 Å². The molecular formula is C24H24O2. The van der Waals surface area contributed by atoms with Gasteiger partial charge in [-0.3, -0.25) is 0 Å². The summed E-state index contributed by atoms with van der Waals surface area (Å²) in [6.07, 6.45) is 2.65. The highest BCUT2D eigenvalue weighted by atomic mass is 16.6. The van der Waals surface area contributed by atoms with E-state index in [0.717, 1.165) is 13.2 Å². The van der Waals surface area contributed by atoms with Gasteiger partial charge in [-0.2, -0.15) is 0 Å². The molecule has 0 spiro atoms. The van der Waals surface area contributed by atoms with Crippen molar-refractivity contribution in [1.29, 1.82) is 0 Å². The van der Waals surface area contributed by atoms with Crippen molar-refractivity contribution in [2.24, 2.45) is 0 Å². The van der Waals surface area contributed by atoms with Crippen molar-refractivity contribution in [3.63, 3.8) is 0 Å². The van der Waals surface area contributed by atoms with Gasteiger partial charge in [0.2, 0.25) is 0 Å². The van der Waals surface area contributed by atoms with E-state index in [1.807, 2.05) is 72.8 Å². The average Bonchev–Trinajstić information content (AvgIpc) is 3.63. The van der Waals surface area contributed by atoms with Gasteiger partial charge in [0.25, 0.3) is 0 Å². The highest BCUT2D eigenvalue weighted by molar-refractivity contribution is 5.45. The summed E-state index contributed by atoms with van der Waals surface area (Å²) in [5.74, 6) is 0. The minimum absolute atomic E-state index is 0.409. The predicted octanol–water partition coefficient (Wildman–Crippen LogP) is 5.85. The third kappa shape index (κ3) is 6.32. The summed E-state index contributed by atoms with van der Waals surface area (Å²) in [7, 11) is 0. The maximum atomic E-state index is 5.09. The molecular weight excluding hydrogens is 320 g/mol. The van der Waals surface area contributed by atoms with E-state index in [0.29, 0.717) is 12.2 Å². The maximum Gasteiger partial charge on any atom is 0.106 e. The zero-order valence-electron chi connectivity index (χ0n) is 14.8. The molecule has 2 atom stereocenters. The first kappa shape index (κ1) is 18.1. The summed E-state index contributed by atoms with van der Waals surface area (Å²) in [5.41, 5.74) is 3.78. The molecule has 5 rings (SSSR count). The van der Waals surface area contributed by atoms with Crippen LogP contribution in [0.4, 0.5) is 0 Å². The van der Waals surface area contributed by atoms with E-state index >= 15 is 0 Å². The molecule has 26 heavy (non-hydrogen) atoms. The van der Waals surface area contributed by atoms with E-state index < -0.39 is 0 Å². The molecule has 0 radical (unpaired) electrons. The molecule has 0 bridgehead atoms. The van der Waals surface area contributed by atoms with E-state index in [4.69, 9.17) is 9.47 Å². The van der Waals surface area contributed by atoms with E-state index in [9.17, 15) is 0 Å². The van der Waals surface area contributed by atoms with Crippen LogP contribution in [-0.4, -0.2) is 13.2 Å². The monoisotopic (exact) mass is 344 g/mol. The van der Waals surface area contributed by atoms with Gasteiger partial charge in [0.05, 0.1) is 13.2 Å². The Bertz CT molecular complexity index is 714. The van der Waals surface area contributed by atoms with E-state index in [1.54, 1.807) is 0 Å². The number of rotatable bonds is 3. The number of epoxide rings is 2. The Morgan fingerprint density at radius 3 is 1.23 bits per heavy atom. The second kappa shape index (κ2) is 9.71. The van der Waals surface area contributed by atoms with Crippen LogP contribution in [-0.2, 0) is 9.47 Å². The summed E-state index contributed by atoms with van der Waals surface area (Å²) in [6, 6.07) is 30.6. The van der Waals surface area contributed by atoms with Crippen LogP contribution in [0.15, 0.2) is 97.6 Å². The Balaban J connectivity index is 0.000000113. The quantitative estimate of drug-likeness (QED) is 0.557. The van der Waals surface area contributed by atoms with Gasteiger partial charge in [-0.25, -0.2) is 0 Å². The fourth-order valence-electron chi connectivity index (χ4n) is 2.41. The fourth-order valence-corrected chi connectivity index (χ4v) is 2.41. The third-order valence-corrected chi connectivity index (χ3v) is 4.04. The molecule has 132 valence electrons. The lowest BCUT2D eigenvalue weighted by Crippen LogP contribution is -1.75. The second-order valence-corrected chi connectivity index (χ2v) is 6.08. The molecule has 0 N–H and O–H groups in total. The van der Waals surface area contributed by atoms with E-state index in [-0.39, 0.29) is 0 Å². The highest BCUT2D eigenvalue weighted by Gasteiger charge is 2.24. The van der Waals surface area contributed by atoms with Crippen LogP contribution in [0, 0.1) is 0 Å². The smallest absolute Gasteiger partial charge is 0.106 e. The van der Waals surface area contributed by atoms with Gasteiger partial charge in [-0.1, -0.05) is 104 Å². The zero-order valence-corrected chi connectivity index (χ0v) is 14.8. The number of ether oxygens (including phenoxy) is 2. The molecule has 0 saturated carbocycles. The van der Waals surface area contributed by atoms with E-state index in [1.165, 1.54) is 16.7 Å². The second-order valence-electron chi connectivity index (χ2n) is 6.08. The Morgan fingerprint density at radius 1 is 0.615 bits per heavy atom. The van der Waals surface area contributed by atoms with Crippen molar-refractivity contribution in [1.82, 2.24) is 0 Å². The van der Waals surface area contributed by atoms with E-state index in [2.05, 4.69) is 30.8 Å². The molecule has 0 aliphatic carbocycles. The predicted molar refractivity (Wildman–Crippen MR) is 107 cm³/mol. The number of hydrogen-bond donors (Lipinski definition) is 0. The first-order valence-corrected chi connectivity index (χ1v) is 8.87. The van der Waals surface area contributed by atoms with Crippen LogP contribution in [0.25, 0.3) is 6.08 Å². The zero-order chi connectivity index (χ0) is 18.0. The van der Waals surface area contributed by atoms with Gasteiger partial charge in [0.1, 0.15) is 12.2 Å². The largest absolute Gasteiger partial charge is 0.368 e. The van der Waals surface area contributed by atoms with Crippen molar-refractivity contribution in [2.45, 2.75) is 12.2 Å². The molecule has 3 aromatic carbocycles. The molecule has 3 aromatic rings. The summed E-state index contributed by atoms with van der Waals surface area (Å²) >= 11 is 0. The van der Waals surface area contributed by atoms with Gasteiger partial charge < -0.3 is 9.47 Å². The van der Waals surface area contributed by atoms with Crippen LogP contribution in [0.2, 0.25) is 0 Å². The topological polar surface area (TPSA) is 25.1 Å². The number of hydrogen-bond acceptors (Lipinski definition) is 2. The molecule has 0 amide bonds. The van der Waals surface area contributed by atoms with Gasteiger partial charge in [0.15, 0.2) is 0 Å². The van der Waals surface area contributed by atoms with Crippen LogP contribution in [0.3, 0.4) is 0 Å². The SMILES string of the molecule is C=Cc1ccccc1.c1ccc(C2CO2)cc1.c1ccc(C2CO2)cc1. The fraction of sp³-hybridized carbons (Fsp3) is 0.167. The van der Waals surface area contributed by atoms with Gasteiger partial charge in [0, 0.05) is 0 Å². The Kier molecular flexibility index (Phi) is 6.77. The van der Waals surface area contributed by atoms with Gasteiger partial charge >= 0.3 is 0 Å². The lowest BCUT2D eigenvalue weighted by atomic mass is 10.2. The Hall–Kier alpha value is -2.68. The first-order valence-electron chi connectivity index (χ1n) is 8.87. The van der Waals surface area contributed by atoms with Gasteiger partial charge in [-0.05, 0) is 16.7 Å². The van der Waals surface area contributed by atoms with Crippen LogP contribution < -0.4 is 0 Å². The number of benzene rings is 3. The minimum atomic E-state index is 0.409. The maximum absolute atomic E-state index is 5.09. The summed E-state index contributed by atoms with van der Waals surface area (Å²) in [4.78, 5) is 0. The Labute approximate surface area is 155 Å². The third-order valence-electron chi connectivity index (χ3n) is 4.04. The standard InChI is InChI=1S/2C8H8O.C8H8/c2*1-2-4-7(5-3-1)8-6-9-8;1-2-8-6-4-3-5-7-8/h2*1-5,8H,6H2;2-7H,1H2. The molecule has 2 aliphatic heterocycles. The molecule has 2 aliphatic rings. The molecule has 2 saturated heterocycles. The Morgan fingerprint density at radius 2 is 0.962 bits per heavy atom. The van der Waals surface area contributed by atoms with Gasteiger partial charge in [-0.15, -0.1) is 0 Å². The molecule has 2 heteroatoms. The van der Waals surface area contributed by atoms with Crippen molar-refractivity contribution in [3.05, 3.63) is 114 Å². The summed E-state index contributed by atoms with van der Waals surface area (Å²) in [5, 5.41) is 0. The first-order chi connectivity index (χ1) is 12.9. The van der Waals surface area contributed by atoms with Crippen molar-refractivity contribution >= 4 is 6.08 Å². The van der Waals surface area contributed by atoms with Crippen molar-refractivity contribution in [2.75, 3.05) is 13.2 Å². The molecule has 2 nitrogen and oxygen atoms in total. The van der Waals surface area contributed by atoms with Crippen LogP contribution >= 0.6 is 0 Å². The van der Waals surface area contributed by atoms with Crippen molar-refractivity contribution in [3.8, 4) is 0 Å². The normalized spacial score (nSPS) is 19.1. The molecule has 0 aromatic heterocycles. The summed E-state index contributed by atoms with van der Waals surface area (Å²) in [6.45, 7) is 5.44. The highest BCUT2D eigenvalue weighted by Crippen LogP contribution is 2.29. The van der Waals surface area contributed by atoms with Crippen LogP contribution in [0.1, 0.15) is 28.9 Å². The van der Waals surface area contributed by atoms with Crippen molar-refractivity contribution < 1.29 is 9.47 Å². The average molecular weight is 344 g/mol. The molecule has 2 unspecified atom stereocenters. The molecule has 2 heterocycles.